The summed E-state index contributed by atoms with van der Waals surface area (Å²) in [6.07, 6.45) is 5.43. The number of benzene rings is 9. The fourth-order valence-corrected chi connectivity index (χ4v) is 28.0. The van der Waals surface area contributed by atoms with Crippen LogP contribution in [0.15, 0.2) is 218 Å². The van der Waals surface area contributed by atoms with Gasteiger partial charge in [-0.15, -0.1) is 9.58 Å². The normalized spacial score (nSPS) is 15.5. The zero-order valence-electron chi connectivity index (χ0n) is 89.2. The Bertz CT molecular complexity index is 6440. The Morgan fingerprint density at radius 3 is 0.776 bits per heavy atom. The number of ketones is 1. The van der Waals surface area contributed by atoms with Crippen LogP contribution in [0.1, 0.15) is 286 Å². The molecule has 782 valence electrons. The van der Waals surface area contributed by atoms with E-state index in [9.17, 15) is 64.4 Å². The summed E-state index contributed by atoms with van der Waals surface area (Å²) < 4.78 is 195. The maximum absolute atomic E-state index is 14.0. The van der Waals surface area contributed by atoms with Gasteiger partial charge in [0.05, 0.1) is 21.0 Å². The van der Waals surface area contributed by atoms with E-state index >= 15 is 0 Å². The van der Waals surface area contributed by atoms with Crippen LogP contribution in [0.4, 0.5) is 11.4 Å². The molecule has 2 bridgehead atoms. The van der Waals surface area contributed by atoms with Crippen molar-refractivity contribution in [3.05, 3.63) is 291 Å². The number of ether oxygens (including phenoxy) is 5. The van der Waals surface area contributed by atoms with Crippen molar-refractivity contribution in [2.45, 2.75) is 291 Å². The van der Waals surface area contributed by atoms with Crippen LogP contribution in [0.2, 0.25) is 0 Å². The topological polar surface area (TPSA) is 393 Å². The Morgan fingerprint density at radius 1 is 0.364 bits per heavy atom. The molecule has 0 N–H and O–H groups in total. The Morgan fingerprint density at radius 2 is 0.587 bits per heavy atom. The summed E-state index contributed by atoms with van der Waals surface area (Å²) in [6, 6.07) is 67.5. The lowest BCUT2D eigenvalue weighted by atomic mass is 9.55. The van der Waals surface area contributed by atoms with Gasteiger partial charge < -0.3 is 53.7 Å². The van der Waals surface area contributed by atoms with Crippen molar-refractivity contribution in [3.63, 3.8) is 0 Å². The van der Waals surface area contributed by atoms with Gasteiger partial charge in [0, 0.05) is 56.8 Å². The van der Waals surface area contributed by atoms with Crippen LogP contribution in [-0.2, 0) is 79.3 Å². The monoisotopic (exact) mass is 2080 g/mol. The van der Waals surface area contributed by atoms with Crippen LogP contribution in [0.25, 0.3) is 11.1 Å². The lowest BCUT2D eigenvalue weighted by Crippen LogP contribution is -2.45. The van der Waals surface area contributed by atoms with E-state index < -0.39 is 110 Å². The van der Waals surface area contributed by atoms with E-state index in [1.807, 2.05) is 144 Å². The van der Waals surface area contributed by atoms with Crippen LogP contribution in [-0.4, -0.2) is 161 Å². The fraction of sp³-hybridized carbons (Fsp3) is 0.486. The highest BCUT2D eigenvalue weighted by Crippen LogP contribution is 2.69. The predicted molar refractivity (Wildman–Crippen MR) is 572 cm³/mol. The number of hydrogen-bond acceptors (Lipinski definition) is 22. The molecule has 9 aromatic rings. The zero-order valence-corrected chi connectivity index (χ0v) is 94.1. The van der Waals surface area contributed by atoms with Crippen molar-refractivity contribution in [1.29, 1.82) is 0 Å². The summed E-state index contributed by atoms with van der Waals surface area (Å²) in [5.74, 6) is 3.75. The molecule has 143 heavy (non-hydrogen) atoms. The molecule has 0 amide bonds. The van der Waals surface area contributed by atoms with Crippen molar-refractivity contribution in [3.8, 4) is 28.7 Å². The van der Waals surface area contributed by atoms with E-state index in [4.69, 9.17) is 34.7 Å². The number of carbonyl (C=O) groups excluding carboxylic acids is 1. The van der Waals surface area contributed by atoms with Gasteiger partial charge >= 0.3 is 8.75 Å². The molecule has 11 rings (SSSR count). The van der Waals surface area contributed by atoms with E-state index in [-0.39, 0.29) is 33.5 Å². The Labute approximate surface area is 853 Å². The molecule has 32 heteroatoms. The molecule has 2 atom stereocenters. The van der Waals surface area contributed by atoms with Crippen molar-refractivity contribution >= 4 is 85.5 Å². The van der Waals surface area contributed by atoms with Crippen molar-refractivity contribution < 1.29 is 97.7 Å². The largest absolute Gasteiger partial charge is 0.747 e. The fourth-order valence-electron chi connectivity index (χ4n) is 17.5. The number of fused-ring (bicyclic) bond motifs is 2. The second-order valence-electron chi connectivity index (χ2n) is 44.6. The summed E-state index contributed by atoms with van der Waals surface area (Å²) >= 11 is 0. The van der Waals surface area contributed by atoms with Gasteiger partial charge in [0.2, 0.25) is 0 Å². The van der Waals surface area contributed by atoms with E-state index in [1.54, 1.807) is 123 Å². The van der Waals surface area contributed by atoms with Gasteiger partial charge in [-0.25, -0.2) is 50.5 Å². The van der Waals surface area contributed by atoms with E-state index in [2.05, 4.69) is 145 Å². The van der Waals surface area contributed by atoms with Crippen molar-refractivity contribution in [1.82, 2.24) is 0 Å². The highest BCUT2D eigenvalue weighted by molar-refractivity contribution is 8.32. The number of hydrogen-bond donors (Lipinski definition) is 0. The Hall–Kier alpha value is -10.4. The smallest absolute Gasteiger partial charge is 0.496 e. The van der Waals surface area contributed by atoms with Gasteiger partial charge in [-0.05, 0) is 338 Å². The quantitative estimate of drug-likeness (QED) is 0.0121. The SMILES string of the molecule is CC(C)(C)S(=O)(=O)C(=[N+]=[N-])S(=O)(=O)C(C)(C)C.CCCCS(=O)(=O)C(=[N+]=[N-])S(=O)(=O)CCCC.CN(C)c1ccc(C(c2ccc(OC(C)(C)C)cc2)(c2ccc(N(C)C)cc2)S(=O)(=O)[O-])cc1.Cc1ccc(C(CC23CCC(CC2=O)C3(C)C)(c2ccc(OC(C)(C)C)cc2)c2ccc(OC(C)(C)C)cc2)cc1.Cc1ccc(C(c2ccc(OC(C)(C)C)cc2)(c2ccc(OC(C)(C)C)cc2)S(=O)(=O)[O-])cc1. The van der Waals surface area contributed by atoms with Crippen molar-refractivity contribution in [2.24, 2.45) is 16.7 Å². The van der Waals surface area contributed by atoms with Crippen LogP contribution in [0, 0.1) is 30.6 Å². The molecule has 2 fully saturated rings. The summed E-state index contributed by atoms with van der Waals surface area (Å²) in [6.45, 7) is 50.2. The Kier molecular flexibility index (Phi) is 37.9. The summed E-state index contributed by atoms with van der Waals surface area (Å²) in [7, 11) is -18.7. The van der Waals surface area contributed by atoms with Gasteiger partial charge in [0.1, 0.15) is 92.3 Å². The lowest BCUT2D eigenvalue weighted by Gasteiger charge is -2.46. The lowest BCUT2D eigenvalue weighted by molar-refractivity contribution is -0.130. The molecule has 9 aromatic carbocycles. The first-order chi connectivity index (χ1) is 65.4. The minimum Gasteiger partial charge on any atom is -0.747 e. The van der Waals surface area contributed by atoms with Crippen LogP contribution in [0.5, 0.6) is 28.7 Å². The second kappa shape index (κ2) is 45.3. The van der Waals surface area contributed by atoms with Crippen LogP contribution < -0.4 is 33.5 Å². The maximum atomic E-state index is 14.0. The molecular weight excluding hydrogens is 1930 g/mol. The first-order valence-electron chi connectivity index (χ1n) is 47.9. The number of anilines is 2. The zero-order chi connectivity index (χ0) is 108. The molecule has 0 aromatic heterocycles. The van der Waals surface area contributed by atoms with Crippen molar-refractivity contribution in [2.75, 3.05) is 49.5 Å². The molecule has 0 spiro atoms. The van der Waals surface area contributed by atoms with Gasteiger partial charge in [0.15, 0.2) is 0 Å². The molecule has 0 aliphatic heterocycles. The first kappa shape index (κ1) is 120. The highest BCUT2D eigenvalue weighted by Gasteiger charge is 2.66. The number of carbonyl (C=O) groups is 1. The third kappa shape index (κ3) is 28.7. The van der Waals surface area contributed by atoms with Gasteiger partial charge in [-0.1, -0.05) is 185 Å². The summed E-state index contributed by atoms with van der Waals surface area (Å²) in [4.78, 5) is 22.8. The average molecular weight is 2080 g/mol. The average Bonchev–Trinajstić information content (AvgIpc) is 1.66. The minimum absolute atomic E-state index is 0.0510. The van der Waals surface area contributed by atoms with E-state index in [0.717, 1.165) is 47.7 Å². The molecule has 2 aliphatic carbocycles. The standard InChI is InChI=1S/C38H48O3.C28H34O5S.C27H34N2O4S.2C9H18N2O4S2/c1-26-10-12-27(13-11-26)38(28-14-18-31(19-15-28)40-34(2,3)4,29-16-20-32(21-17-29)41-35(5,6)7)25-37-23-22-30(24-33(37)39)36(37,8)9;1-20-8-10-21(11-9-20)28(34(29,30)31,22-12-16-24(17-13-22)32-26(2,3)4)23-14-18-25(19-15-23)33-27(5,6)7;1-26(2,3)33-25-18-12-22(13-19-25)27(34(30,31)32,20-8-14-23(15-9-20)28(4)5)21-10-16-24(17-11-21)29(6)7;1-8(2,3)16(12,13)7(11-10)17(14,15)9(4,5)6;1-3-5-7-16(12,13)9(11-10)17(14,15)8-6-4-2/h10-21,30H,22-25H2,1-9H3;8-19H,1-7H3,(H,29,30,31);8-19H,1-7H3,(H,30,31,32);1-6H3;3-8H2,1-2H3/p-2. The molecule has 0 saturated heterocycles. The number of nitrogens with zero attached hydrogens (tertiary/aromatic N) is 6. The third-order valence-corrected chi connectivity index (χ3v) is 37.9. The number of unbranched alkanes of at least 4 members (excludes halogenated alkanes) is 2. The minimum atomic E-state index is -4.93. The molecular formula is C111H150N6O20S6-2. The molecule has 2 aliphatic rings. The van der Waals surface area contributed by atoms with Gasteiger partial charge in [-0.2, -0.15) is 0 Å². The molecule has 0 radical (unpaired) electrons. The predicted octanol–water partition coefficient (Wildman–Crippen LogP) is 22.5. The highest BCUT2D eigenvalue weighted by atomic mass is 32.3. The number of rotatable bonds is 26. The van der Waals surface area contributed by atoms with Crippen LogP contribution >= 0.6 is 0 Å². The van der Waals surface area contributed by atoms with Crippen LogP contribution in [0.3, 0.4) is 0 Å². The van der Waals surface area contributed by atoms with E-state index in [0.29, 0.717) is 94.4 Å². The molecule has 2 unspecified atom stereocenters. The third-order valence-electron chi connectivity index (χ3n) is 24.9. The summed E-state index contributed by atoms with van der Waals surface area (Å²) in [5, 5.41) is 0. The van der Waals surface area contributed by atoms with Gasteiger partial charge in [0.25, 0.3) is 39.3 Å². The maximum Gasteiger partial charge on any atom is 0.496 e. The van der Waals surface area contributed by atoms with Gasteiger partial charge in [-0.3, -0.25) is 4.79 Å². The summed E-state index contributed by atoms with van der Waals surface area (Å²) in [5.41, 5.74) is 24.4. The van der Waals surface area contributed by atoms with E-state index in [1.165, 1.54) is 63.8 Å². The first-order valence-corrected chi connectivity index (χ1v) is 57.0. The molecule has 0 heterocycles. The second-order valence-corrected chi connectivity index (χ2v) is 57.5. The molecule has 26 nitrogen and oxygen atoms in total. The number of sulfone groups is 4. The Balaban J connectivity index is 0.000000252. The number of Topliss-reactive ketones (excluding diaryl/α,β-unsaturated/α-hetero) is 1. The molecule has 2 saturated carbocycles. The number of aryl methyl sites for hydroxylation is 2.